The van der Waals surface area contributed by atoms with Crippen molar-refractivity contribution in [1.29, 1.82) is 0 Å². The standard InChI is InChI=1S/C12H24N2O3/c1-9(2)14(7-6-11(16)17)8-10(15)13-12(3,4)5/h9H,6-8H2,1-5H3,(H,13,15)(H,16,17). The number of carbonyl (C=O) groups excluding carboxylic acids is 1. The fraction of sp³-hybridized carbons (Fsp3) is 0.833. The van der Waals surface area contributed by atoms with Crippen LogP contribution >= 0.6 is 0 Å². The number of hydrogen-bond acceptors (Lipinski definition) is 3. The molecule has 0 unspecified atom stereocenters. The summed E-state index contributed by atoms with van der Waals surface area (Å²) < 4.78 is 0. The molecule has 2 N–H and O–H groups in total. The highest BCUT2D eigenvalue weighted by molar-refractivity contribution is 5.78. The topological polar surface area (TPSA) is 69.6 Å². The Labute approximate surface area is 103 Å². The number of hydrogen-bond donors (Lipinski definition) is 2. The summed E-state index contributed by atoms with van der Waals surface area (Å²) in [6.45, 7) is 10.3. The normalized spacial score (nSPS) is 11.9. The molecule has 0 aliphatic heterocycles. The van der Waals surface area contributed by atoms with Crippen molar-refractivity contribution in [2.24, 2.45) is 0 Å². The summed E-state index contributed by atoms with van der Waals surface area (Å²) in [6.07, 6.45) is 0.0565. The molecule has 1 amide bonds. The Balaban J connectivity index is 4.25. The van der Waals surface area contributed by atoms with Crippen LogP contribution in [0.25, 0.3) is 0 Å². The van der Waals surface area contributed by atoms with E-state index in [1.54, 1.807) is 0 Å². The second kappa shape index (κ2) is 6.59. The Morgan fingerprint density at radius 1 is 1.29 bits per heavy atom. The minimum Gasteiger partial charge on any atom is -0.481 e. The van der Waals surface area contributed by atoms with E-state index in [1.165, 1.54) is 0 Å². The van der Waals surface area contributed by atoms with Crippen molar-refractivity contribution in [3.05, 3.63) is 0 Å². The maximum atomic E-state index is 11.7. The molecule has 5 heteroatoms. The lowest BCUT2D eigenvalue weighted by molar-refractivity contribution is -0.138. The summed E-state index contributed by atoms with van der Waals surface area (Å²) in [5.74, 6) is -0.913. The minimum atomic E-state index is -0.841. The average molecular weight is 244 g/mol. The van der Waals surface area contributed by atoms with E-state index in [-0.39, 0.29) is 30.5 Å². The zero-order valence-corrected chi connectivity index (χ0v) is 11.4. The Hall–Kier alpha value is -1.10. The molecule has 0 saturated heterocycles. The second-order valence-corrected chi connectivity index (χ2v) is 5.51. The molecule has 0 spiro atoms. The van der Waals surface area contributed by atoms with Gasteiger partial charge in [0.05, 0.1) is 13.0 Å². The third-order valence-electron chi connectivity index (χ3n) is 2.20. The van der Waals surface area contributed by atoms with Gasteiger partial charge in [0.15, 0.2) is 0 Å². The maximum absolute atomic E-state index is 11.7. The summed E-state index contributed by atoms with van der Waals surface area (Å²) in [5, 5.41) is 11.5. The van der Waals surface area contributed by atoms with Crippen LogP contribution in [-0.4, -0.2) is 46.6 Å². The van der Waals surface area contributed by atoms with Gasteiger partial charge in [0.1, 0.15) is 0 Å². The quantitative estimate of drug-likeness (QED) is 0.733. The number of rotatable bonds is 6. The molecule has 0 bridgehead atoms. The third kappa shape index (κ3) is 8.68. The first kappa shape index (κ1) is 15.9. The molecule has 0 heterocycles. The van der Waals surface area contributed by atoms with Gasteiger partial charge in [-0.2, -0.15) is 0 Å². The van der Waals surface area contributed by atoms with Crippen LogP contribution < -0.4 is 5.32 Å². The molecule has 0 radical (unpaired) electrons. The molecule has 0 atom stereocenters. The van der Waals surface area contributed by atoms with Gasteiger partial charge in [-0.05, 0) is 34.6 Å². The Morgan fingerprint density at radius 2 is 1.82 bits per heavy atom. The van der Waals surface area contributed by atoms with E-state index >= 15 is 0 Å². The van der Waals surface area contributed by atoms with Crippen LogP contribution in [0.3, 0.4) is 0 Å². The van der Waals surface area contributed by atoms with Crippen LogP contribution in [0, 0.1) is 0 Å². The SMILES string of the molecule is CC(C)N(CCC(=O)O)CC(=O)NC(C)(C)C. The second-order valence-electron chi connectivity index (χ2n) is 5.51. The molecular weight excluding hydrogens is 220 g/mol. The Morgan fingerprint density at radius 3 is 2.18 bits per heavy atom. The summed E-state index contributed by atoms with van der Waals surface area (Å²) in [5.41, 5.74) is -0.257. The smallest absolute Gasteiger partial charge is 0.304 e. The highest BCUT2D eigenvalue weighted by atomic mass is 16.4. The number of amides is 1. The van der Waals surface area contributed by atoms with E-state index in [9.17, 15) is 9.59 Å². The third-order valence-corrected chi connectivity index (χ3v) is 2.20. The van der Waals surface area contributed by atoms with E-state index in [0.717, 1.165) is 0 Å². The molecule has 0 aliphatic carbocycles. The van der Waals surface area contributed by atoms with Gasteiger partial charge in [-0.15, -0.1) is 0 Å². The van der Waals surface area contributed by atoms with Crippen LogP contribution in [0.4, 0.5) is 0 Å². The van der Waals surface area contributed by atoms with Gasteiger partial charge in [0.2, 0.25) is 5.91 Å². The van der Waals surface area contributed by atoms with Crippen molar-refractivity contribution >= 4 is 11.9 Å². The van der Waals surface area contributed by atoms with Gasteiger partial charge in [0.25, 0.3) is 0 Å². The lowest BCUT2D eigenvalue weighted by Gasteiger charge is -2.27. The lowest BCUT2D eigenvalue weighted by atomic mass is 10.1. The summed E-state index contributed by atoms with van der Waals surface area (Å²) in [4.78, 5) is 24.1. The number of carboxylic acids is 1. The molecule has 5 nitrogen and oxygen atoms in total. The van der Waals surface area contributed by atoms with Crippen LogP contribution in [0.5, 0.6) is 0 Å². The molecule has 0 aromatic heterocycles. The number of nitrogens with one attached hydrogen (secondary N) is 1. The highest BCUT2D eigenvalue weighted by Gasteiger charge is 2.18. The molecule has 0 aromatic rings. The predicted molar refractivity (Wildman–Crippen MR) is 66.9 cm³/mol. The molecule has 0 aromatic carbocycles. The summed E-state index contributed by atoms with van der Waals surface area (Å²) in [6, 6.07) is 0.153. The monoisotopic (exact) mass is 244 g/mol. The number of carboxylic acid groups (broad SMARTS) is 1. The minimum absolute atomic E-state index is 0.0565. The van der Waals surface area contributed by atoms with E-state index in [4.69, 9.17) is 5.11 Å². The predicted octanol–water partition coefficient (Wildman–Crippen LogP) is 1.09. The molecular formula is C12H24N2O3. The van der Waals surface area contributed by atoms with Gasteiger partial charge < -0.3 is 10.4 Å². The molecule has 100 valence electrons. The van der Waals surface area contributed by atoms with Crippen molar-refractivity contribution in [3.8, 4) is 0 Å². The van der Waals surface area contributed by atoms with Crippen molar-refractivity contribution in [2.45, 2.75) is 52.6 Å². The molecule has 0 saturated carbocycles. The summed E-state index contributed by atoms with van der Waals surface area (Å²) in [7, 11) is 0. The zero-order chi connectivity index (χ0) is 13.6. The molecule has 0 fully saturated rings. The van der Waals surface area contributed by atoms with E-state index in [2.05, 4.69) is 5.32 Å². The van der Waals surface area contributed by atoms with Crippen LogP contribution in [0.15, 0.2) is 0 Å². The molecule has 0 aliphatic rings. The van der Waals surface area contributed by atoms with E-state index in [1.807, 2.05) is 39.5 Å². The van der Waals surface area contributed by atoms with Gasteiger partial charge in [-0.3, -0.25) is 14.5 Å². The van der Waals surface area contributed by atoms with E-state index in [0.29, 0.717) is 6.54 Å². The van der Waals surface area contributed by atoms with Crippen molar-refractivity contribution in [3.63, 3.8) is 0 Å². The number of nitrogens with zero attached hydrogens (tertiary/aromatic N) is 1. The lowest BCUT2D eigenvalue weighted by Crippen LogP contribution is -2.47. The molecule has 17 heavy (non-hydrogen) atoms. The first-order chi connectivity index (χ1) is 7.61. The van der Waals surface area contributed by atoms with Crippen molar-refractivity contribution < 1.29 is 14.7 Å². The first-order valence-electron chi connectivity index (χ1n) is 5.88. The van der Waals surface area contributed by atoms with Crippen LogP contribution in [-0.2, 0) is 9.59 Å². The average Bonchev–Trinajstić information content (AvgIpc) is 2.08. The highest BCUT2D eigenvalue weighted by Crippen LogP contribution is 2.02. The first-order valence-corrected chi connectivity index (χ1v) is 5.88. The van der Waals surface area contributed by atoms with Crippen LogP contribution in [0.1, 0.15) is 41.0 Å². The van der Waals surface area contributed by atoms with Gasteiger partial charge >= 0.3 is 5.97 Å². The Bertz CT molecular complexity index is 269. The van der Waals surface area contributed by atoms with Crippen molar-refractivity contribution in [1.82, 2.24) is 10.2 Å². The number of aliphatic carboxylic acids is 1. The zero-order valence-electron chi connectivity index (χ0n) is 11.4. The number of carbonyl (C=O) groups is 2. The van der Waals surface area contributed by atoms with E-state index < -0.39 is 5.97 Å². The van der Waals surface area contributed by atoms with Crippen LogP contribution in [0.2, 0.25) is 0 Å². The van der Waals surface area contributed by atoms with Gasteiger partial charge in [-0.1, -0.05) is 0 Å². The maximum Gasteiger partial charge on any atom is 0.304 e. The fourth-order valence-electron chi connectivity index (χ4n) is 1.40. The van der Waals surface area contributed by atoms with Gasteiger partial charge in [-0.25, -0.2) is 0 Å². The summed E-state index contributed by atoms with van der Waals surface area (Å²) >= 11 is 0. The fourth-order valence-corrected chi connectivity index (χ4v) is 1.40. The van der Waals surface area contributed by atoms with Gasteiger partial charge in [0, 0.05) is 18.1 Å². The largest absolute Gasteiger partial charge is 0.481 e. The molecule has 0 rings (SSSR count). The van der Waals surface area contributed by atoms with Crippen molar-refractivity contribution in [2.75, 3.05) is 13.1 Å². The Kier molecular flexibility index (Phi) is 6.16.